The minimum Gasteiger partial charge on any atom is -0.481 e. The molecule has 7 nitrogen and oxygen atoms in total. The highest BCUT2D eigenvalue weighted by Crippen LogP contribution is 2.21. The lowest BCUT2D eigenvalue weighted by molar-refractivity contribution is -0.137. The Balaban J connectivity index is 2.40. The van der Waals surface area contributed by atoms with Gasteiger partial charge in [0.15, 0.2) is 5.65 Å². The molecule has 0 unspecified atom stereocenters. The van der Waals surface area contributed by atoms with Gasteiger partial charge in [0.1, 0.15) is 0 Å². The van der Waals surface area contributed by atoms with Crippen LogP contribution in [-0.2, 0) is 4.79 Å². The zero-order chi connectivity index (χ0) is 18.0. The number of carbonyl (C=O) groups excluding carboxylic acids is 1. The van der Waals surface area contributed by atoms with Crippen molar-refractivity contribution in [2.45, 2.75) is 53.1 Å². The number of carbonyl (C=O) groups is 2. The van der Waals surface area contributed by atoms with E-state index in [9.17, 15) is 9.59 Å². The van der Waals surface area contributed by atoms with Crippen LogP contribution in [0.4, 0.5) is 0 Å². The molecule has 2 aromatic rings. The first-order valence-corrected chi connectivity index (χ1v) is 8.10. The van der Waals surface area contributed by atoms with Gasteiger partial charge < -0.3 is 10.0 Å². The van der Waals surface area contributed by atoms with Crippen LogP contribution in [0.3, 0.4) is 0 Å². The van der Waals surface area contributed by atoms with Crippen LogP contribution >= 0.6 is 0 Å². The predicted octanol–water partition coefficient (Wildman–Crippen LogP) is 2.65. The van der Waals surface area contributed by atoms with Gasteiger partial charge >= 0.3 is 5.97 Å². The molecule has 0 aliphatic carbocycles. The molecule has 0 aliphatic heterocycles. The molecule has 1 amide bonds. The van der Waals surface area contributed by atoms with Crippen LogP contribution in [0.5, 0.6) is 0 Å². The lowest BCUT2D eigenvalue weighted by Gasteiger charge is -2.26. The van der Waals surface area contributed by atoms with Gasteiger partial charge in [0, 0.05) is 24.0 Å². The van der Waals surface area contributed by atoms with E-state index in [0.29, 0.717) is 11.3 Å². The topological polar surface area (TPSA) is 88.3 Å². The van der Waals surface area contributed by atoms with Crippen molar-refractivity contribution in [1.29, 1.82) is 0 Å². The van der Waals surface area contributed by atoms with E-state index in [1.165, 1.54) is 0 Å². The van der Waals surface area contributed by atoms with Crippen LogP contribution in [-0.4, -0.2) is 49.2 Å². The van der Waals surface area contributed by atoms with Crippen molar-refractivity contribution in [3.63, 3.8) is 0 Å². The number of aryl methyl sites for hydroxylation is 1. The summed E-state index contributed by atoms with van der Waals surface area (Å²) in [5, 5.41) is 14.0. The third-order valence-corrected chi connectivity index (χ3v) is 3.93. The number of nitrogens with zero attached hydrogens (tertiary/aromatic N) is 4. The number of hydrogen-bond acceptors (Lipinski definition) is 4. The number of pyridine rings is 1. The van der Waals surface area contributed by atoms with Crippen LogP contribution < -0.4 is 0 Å². The highest BCUT2D eigenvalue weighted by Gasteiger charge is 2.23. The molecule has 24 heavy (non-hydrogen) atoms. The van der Waals surface area contributed by atoms with Crippen LogP contribution in [0.15, 0.2) is 12.3 Å². The Morgan fingerprint density at radius 1 is 1.29 bits per heavy atom. The number of fused-ring (bicyclic) bond motifs is 1. The largest absolute Gasteiger partial charge is 0.481 e. The maximum atomic E-state index is 12.9. The van der Waals surface area contributed by atoms with E-state index in [0.717, 1.165) is 11.0 Å². The molecule has 2 rings (SSSR count). The molecule has 2 aromatic heterocycles. The van der Waals surface area contributed by atoms with E-state index in [1.807, 2.05) is 32.4 Å². The van der Waals surface area contributed by atoms with E-state index < -0.39 is 5.97 Å². The molecule has 2 heterocycles. The number of aliphatic carboxylic acids is 1. The summed E-state index contributed by atoms with van der Waals surface area (Å²) in [6, 6.07) is 1.88. The Morgan fingerprint density at radius 2 is 1.96 bits per heavy atom. The quantitative estimate of drug-likeness (QED) is 0.878. The number of rotatable bonds is 6. The van der Waals surface area contributed by atoms with Crippen molar-refractivity contribution in [3.8, 4) is 0 Å². The second-order valence-electron chi connectivity index (χ2n) is 6.45. The Bertz CT molecular complexity index is 765. The van der Waals surface area contributed by atoms with Crippen molar-refractivity contribution in [2.75, 3.05) is 6.54 Å². The van der Waals surface area contributed by atoms with Gasteiger partial charge in [-0.25, -0.2) is 9.67 Å². The average Bonchev–Trinajstić information content (AvgIpc) is 2.88. The molecule has 0 radical (unpaired) electrons. The normalized spacial score (nSPS) is 11.5. The highest BCUT2D eigenvalue weighted by molar-refractivity contribution is 5.98. The van der Waals surface area contributed by atoms with Gasteiger partial charge in [-0.05, 0) is 40.7 Å². The summed E-state index contributed by atoms with van der Waals surface area (Å²) >= 11 is 0. The third kappa shape index (κ3) is 3.55. The summed E-state index contributed by atoms with van der Waals surface area (Å²) in [6.45, 7) is 9.76. The van der Waals surface area contributed by atoms with Gasteiger partial charge in [-0.1, -0.05) is 0 Å². The first kappa shape index (κ1) is 17.9. The van der Waals surface area contributed by atoms with E-state index in [-0.39, 0.29) is 31.0 Å². The lowest BCUT2D eigenvalue weighted by atomic mass is 10.1. The van der Waals surface area contributed by atoms with Gasteiger partial charge in [0.25, 0.3) is 5.91 Å². The number of hydrogen-bond donors (Lipinski definition) is 1. The summed E-state index contributed by atoms with van der Waals surface area (Å²) in [4.78, 5) is 29.8. The summed E-state index contributed by atoms with van der Waals surface area (Å²) in [5.41, 5.74) is 1.86. The smallest absolute Gasteiger partial charge is 0.305 e. The standard InChI is InChI=1S/C17H24N4O3/c1-10(2)20(7-6-15(22)23)17(24)14-8-13-9-18-21(11(3)4)16(13)19-12(14)5/h8-11H,6-7H2,1-5H3,(H,22,23). The molecule has 130 valence electrons. The SMILES string of the molecule is Cc1nc2c(cnn2C(C)C)cc1C(=O)N(CCC(=O)O)C(C)C. The Labute approximate surface area is 141 Å². The maximum absolute atomic E-state index is 12.9. The molecule has 0 fully saturated rings. The molecule has 0 spiro atoms. The van der Waals surface area contributed by atoms with Gasteiger partial charge in [0.05, 0.1) is 23.9 Å². The number of aromatic nitrogens is 3. The molecular weight excluding hydrogens is 308 g/mol. The second-order valence-corrected chi connectivity index (χ2v) is 6.45. The molecule has 0 saturated carbocycles. The van der Waals surface area contributed by atoms with E-state index in [1.54, 1.807) is 24.1 Å². The third-order valence-electron chi connectivity index (χ3n) is 3.93. The highest BCUT2D eigenvalue weighted by atomic mass is 16.4. The van der Waals surface area contributed by atoms with Crippen LogP contribution in [0.25, 0.3) is 11.0 Å². The van der Waals surface area contributed by atoms with Crippen LogP contribution in [0.1, 0.15) is 56.2 Å². The summed E-state index contributed by atoms with van der Waals surface area (Å²) in [6.07, 6.45) is 1.62. The van der Waals surface area contributed by atoms with Crippen molar-refractivity contribution in [3.05, 3.63) is 23.5 Å². The summed E-state index contributed by atoms with van der Waals surface area (Å²) in [7, 11) is 0. The van der Waals surface area contributed by atoms with E-state index >= 15 is 0 Å². The number of carboxylic acid groups (broad SMARTS) is 1. The van der Waals surface area contributed by atoms with Crippen molar-refractivity contribution in [1.82, 2.24) is 19.7 Å². The second kappa shape index (κ2) is 6.98. The first-order chi connectivity index (χ1) is 11.2. The Hall–Kier alpha value is -2.44. The Kier molecular flexibility index (Phi) is 5.21. The molecule has 0 bridgehead atoms. The zero-order valence-electron chi connectivity index (χ0n) is 14.8. The monoisotopic (exact) mass is 332 g/mol. The van der Waals surface area contributed by atoms with Gasteiger partial charge in [-0.15, -0.1) is 0 Å². The molecule has 0 saturated heterocycles. The fourth-order valence-corrected chi connectivity index (χ4v) is 2.63. The molecule has 1 N–H and O–H groups in total. The van der Waals surface area contributed by atoms with E-state index in [2.05, 4.69) is 10.1 Å². The minimum absolute atomic E-state index is 0.0794. The molecule has 0 aliphatic rings. The van der Waals surface area contributed by atoms with Crippen LogP contribution in [0.2, 0.25) is 0 Å². The Morgan fingerprint density at radius 3 is 2.50 bits per heavy atom. The minimum atomic E-state index is -0.919. The van der Waals surface area contributed by atoms with Crippen molar-refractivity contribution >= 4 is 22.9 Å². The summed E-state index contributed by atoms with van der Waals surface area (Å²) in [5.74, 6) is -1.12. The molecular formula is C17H24N4O3. The first-order valence-electron chi connectivity index (χ1n) is 8.10. The van der Waals surface area contributed by atoms with E-state index in [4.69, 9.17) is 5.11 Å². The van der Waals surface area contributed by atoms with Gasteiger partial charge in [-0.2, -0.15) is 5.10 Å². The van der Waals surface area contributed by atoms with Crippen molar-refractivity contribution < 1.29 is 14.7 Å². The number of amides is 1. The molecule has 7 heteroatoms. The van der Waals surface area contributed by atoms with Crippen molar-refractivity contribution in [2.24, 2.45) is 0 Å². The van der Waals surface area contributed by atoms with Gasteiger partial charge in [-0.3, -0.25) is 9.59 Å². The molecule has 0 atom stereocenters. The lowest BCUT2D eigenvalue weighted by Crippen LogP contribution is -2.39. The van der Waals surface area contributed by atoms with Crippen LogP contribution in [0, 0.1) is 6.92 Å². The zero-order valence-corrected chi connectivity index (χ0v) is 14.8. The molecule has 0 aromatic carbocycles. The number of carboxylic acids is 1. The predicted molar refractivity (Wildman–Crippen MR) is 91.1 cm³/mol. The fourth-order valence-electron chi connectivity index (χ4n) is 2.63. The maximum Gasteiger partial charge on any atom is 0.305 e. The summed E-state index contributed by atoms with van der Waals surface area (Å²) < 4.78 is 1.82. The fraction of sp³-hybridized carbons (Fsp3) is 0.529. The van der Waals surface area contributed by atoms with Gasteiger partial charge in [0.2, 0.25) is 0 Å². The average molecular weight is 332 g/mol.